The van der Waals surface area contributed by atoms with E-state index in [0.29, 0.717) is 0 Å². The first-order valence-electron chi connectivity index (χ1n) is 3.72. The van der Waals surface area contributed by atoms with Gasteiger partial charge in [-0.2, -0.15) is 0 Å². The smallest absolute Gasteiger partial charge is 0.0688 e. The van der Waals surface area contributed by atoms with Crippen LogP contribution >= 0.6 is 46.6 Å². The standard InChI is InChI=1S/C9H7IOS2/c10-6-1-5(4-11)7-3-9(12)13-8(7)2-6/h1-3,11-12H,4H2. The number of halogens is 1. The third-order valence-corrected chi connectivity index (χ3v) is 3.76. The SMILES string of the molecule is OCc1cc(I)cc2sc(S)cc12. The number of fused-ring (bicyclic) bond motifs is 1. The van der Waals surface area contributed by atoms with Crippen molar-refractivity contribution in [3.8, 4) is 0 Å². The predicted octanol–water partition coefficient (Wildman–Crippen LogP) is 3.29. The van der Waals surface area contributed by atoms with Gasteiger partial charge in [0.15, 0.2) is 0 Å². The summed E-state index contributed by atoms with van der Waals surface area (Å²) in [6.07, 6.45) is 0. The number of hydrogen-bond donors (Lipinski definition) is 2. The molecule has 2 rings (SSSR count). The summed E-state index contributed by atoms with van der Waals surface area (Å²) in [6.45, 7) is 0.0945. The van der Waals surface area contributed by atoms with Gasteiger partial charge in [-0.1, -0.05) is 0 Å². The molecule has 0 saturated carbocycles. The van der Waals surface area contributed by atoms with Gasteiger partial charge in [-0.3, -0.25) is 0 Å². The third kappa shape index (κ3) is 1.86. The molecule has 0 aliphatic carbocycles. The van der Waals surface area contributed by atoms with Gasteiger partial charge in [-0.25, -0.2) is 0 Å². The lowest BCUT2D eigenvalue weighted by atomic mass is 10.1. The molecule has 0 unspecified atom stereocenters. The van der Waals surface area contributed by atoms with Crippen molar-refractivity contribution in [3.05, 3.63) is 27.3 Å². The van der Waals surface area contributed by atoms with E-state index in [1.54, 1.807) is 11.3 Å². The van der Waals surface area contributed by atoms with Crippen LogP contribution in [0.15, 0.2) is 22.4 Å². The Labute approximate surface area is 99.3 Å². The number of aliphatic hydroxyl groups is 1. The molecular formula is C9H7IOS2. The van der Waals surface area contributed by atoms with Crippen molar-refractivity contribution >= 4 is 56.6 Å². The summed E-state index contributed by atoms with van der Waals surface area (Å²) < 4.78 is 3.34. The fraction of sp³-hybridized carbons (Fsp3) is 0.111. The van der Waals surface area contributed by atoms with Gasteiger partial charge in [0.2, 0.25) is 0 Å². The summed E-state index contributed by atoms with van der Waals surface area (Å²) >= 11 is 8.20. The highest BCUT2D eigenvalue weighted by molar-refractivity contribution is 14.1. The average Bonchev–Trinajstić information content (AvgIpc) is 2.43. The van der Waals surface area contributed by atoms with E-state index in [2.05, 4.69) is 41.3 Å². The summed E-state index contributed by atoms with van der Waals surface area (Å²) in [6, 6.07) is 6.12. The van der Waals surface area contributed by atoms with Gasteiger partial charge >= 0.3 is 0 Å². The number of thiol groups is 1. The zero-order valence-electron chi connectivity index (χ0n) is 6.62. The minimum atomic E-state index is 0.0945. The van der Waals surface area contributed by atoms with Crippen LogP contribution in [-0.2, 0) is 6.61 Å². The zero-order chi connectivity index (χ0) is 9.42. The number of rotatable bonds is 1. The molecular weight excluding hydrogens is 315 g/mol. The number of aliphatic hydroxyl groups excluding tert-OH is 1. The first-order valence-corrected chi connectivity index (χ1v) is 6.07. The molecule has 0 radical (unpaired) electrons. The van der Waals surface area contributed by atoms with E-state index in [9.17, 15) is 0 Å². The van der Waals surface area contributed by atoms with Crippen LogP contribution in [0.1, 0.15) is 5.56 Å². The number of benzene rings is 1. The number of thiophene rings is 1. The minimum absolute atomic E-state index is 0.0945. The molecule has 0 bridgehead atoms. The Balaban J connectivity index is 2.80. The van der Waals surface area contributed by atoms with Crippen molar-refractivity contribution in [1.82, 2.24) is 0 Å². The maximum atomic E-state index is 9.15. The largest absolute Gasteiger partial charge is 0.392 e. The first-order chi connectivity index (χ1) is 6.20. The van der Waals surface area contributed by atoms with Gasteiger partial charge in [0, 0.05) is 8.27 Å². The molecule has 1 aromatic heterocycles. The van der Waals surface area contributed by atoms with Gasteiger partial charge in [0.1, 0.15) is 0 Å². The molecule has 0 saturated heterocycles. The lowest BCUT2D eigenvalue weighted by Crippen LogP contribution is -1.84. The van der Waals surface area contributed by atoms with Crippen molar-refractivity contribution < 1.29 is 5.11 Å². The second-order valence-corrected chi connectivity index (χ2v) is 5.83. The second kappa shape index (κ2) is 3.76. The highest BCUT2D eigenvalue weighted by Crippen LogP contribution is 2.32. The van der Waals surface area contributed by atoms with Crippen molar-refractivity contribution in [2.75, 3.05) is 0 Å². The fourth-order valence-electron chi connectivity index (χ4n) is 1.29. The van der Waals surface area contributed by atoms with Crippen LogP contribution in [0.4, 0.5) is 0 Å². The second-order valence-electron chi connectivity index (χ2n) is 2.72. The molecule has 68 valence electrons. The summed E-state index contributed by atoms with van der Waals surface area (Å²) in [5, 5.41) is 10.3. The molecule has 0 atom stereocenters. The van der Waals surface area contributed by atoms with Crippen LogP contribution in [0, 0.1) is 3.57 Å². The lowest BCUT2D eigenvalue weighted by molar-refractivity contribution is 0.283. The molecule has 0 aliphatic rings. The molecule has 1 N–H and O–H groups in total. The van der Waals surface area contributed by atoms with E-state index in [1.165, 1.54) is 4.70 Å². The van der Waals surface area contributed by atoms with Crippen LogP contribution in [0.2, 0.25) is 0 Å². The highest BCUT2D eigenvalue weighted by Gasteiger charge is 2.05. The van der Waals surface area contributed by atoms with Crippen LogP contribution in [-0.4, -0.2) is 5.11 Å². The van der Waals surface area contributed by atoms with E-state index >= 15 is 0 Å². The van der Waals surface area contributed by atoms with Crippen LogP contribution < -0.4 is 0 Å². The zero-order valence-corrected chi connectivity index (χ0v) is 10.5. The van der Waals surface area contributed by atoms with Crippen molar-refractivity contribution in [1.29, 1.82) is 0 Å². The van der Waals surface area contributed by atoms with Gasteiger partial charge in [0.25, 0.3) is 0 Å². The minimum Gasteiger partial charge on any atom is -0.392 e. The molecule has 0 fully saturated rings. The van der Waals surface area contributed by atoms with E-state index < -0.39 is 0 Å². The van der Waals surface area contributed by atoms with Crippen molar-refractivity contribution in [3.63, 3.8) is 0 Å². The Kier molecular flexibility index (Phi) is 2.83. The molecule has 0 spiro atoms. The normalized spacial score (nSPS) is 11.0. The van der Waals surface area contributed by atoms with E-state index in [4.69, 9.17) is 5.11 Å². The van der Waals surface area contributed by atoms with Gasteiger partial charge in [0.05, 0.1) is 10.8 Å². The van der Waals surface area contributed by atoms with Gasteiger partial charge < -0.3 is 5.11 Å². The molecule has 0 aliphatic heterocycles. The monoisotopic (exact) mass is 322 g/mol. The average molecular weight is 322 g/mol. The Morgan fingerprint density at radius 3 is 2.85 bits per heavy atom. The molecule has 13 heavy (non-hydrogen) atoms. The maximum absolute atomic E-state index is 9.15. The summed E-state index contributed by atoms with van der Waals surface area (Å²) in [5.41, 5.74) is 0.985. The fourth-order valence-corrected chi connectivity index (χ4v) is 3.50. The Morgan fingerprint density at radius 2 is 2.15 bits per heavy atom. The van der Waals surface area contributed by atoms with Crippen LogP contribution in [0.5, 0.6) is 0 Å². The van der Waals surface area contributed by atoms with E-state index in [1.807, 2.05) is 12.1 Å². The molecule has 1 heterocycles. The van der Waals surface area contributed by atoms with Gasteiger partial charge in [-0.05, 0) is 51.7 Å². The topological polar surface area (TPSA) is 20.2 Å². The first kappa shape index (κ1) is 9.76. The highest BCUT2D eigenvalue weighted by atomic mass is 127. The Morgan fingerprint density at radius 1 is 1.38 bits per heavy atom. The van der Waals surface area contributed by atoms with Crippen LogP contribution in [0.25, 0.3) is 10.1 Å². The van der Waals surface area contributed by atoms with E-state index in [-0.39, 0.29) is 6.61 Å². The molecule has 0 amide bonds. The van der Waals surface area contributed by atoms with Crippen molar-refractivity contribution in [2.45, 2.75) is 10.8 Å². The summed E-state index contributed by atoms with van der Waals surface area (Å²) in [4.78, 5) is 0. The molecule has 2 aromatic rings. The maximum Gasteiger partial charge on any atom is 0.0688 e. The molecule has 1 aromatic carbocycles. The molecule has 1 nitrogen and oxygen atoms in total. The summed E-state index contributed by atoms with van der Waals surface area (Å²) in [7, 11) is 0. The summed E-state index contributed by atoms with van der Waals surface area (Å²) in [5.74, 6) is 0. The van der Waals surface area contributed by atoms with Gasteiger partial charge in [-0.15, -0.1) is 24.0 Å². The predicted molar refractivity (Wildman–Crippen MR) is 67.7 cm³/mol. The van der Waals surface area contributed by atoms with Crippen molar-refractivity contribution in [2.24, 2.45) is 0 Å². The third-order valence-electron chi connectivity index (χ3n) is 1.85. The quantitative estimate of drug-likeness (QED) is 0.610. The molecule has 4 heteroatoms. The lowest BCUT2D eigenvalue weighted by Gasteiger charge is -1.99. The van der Waals surface area contributed by atoms with E-state index in [0.717, 1.165) is 18.7 Å². The Hall–Kier alpha value is 0.220. The van der Waals surface area contributed by atoms with Crippen LogP contribution in [0.3, 0.4) is 0 Å². The number of hydrogen-bond acceptors (Lipinski definition) is 3. The Bertz CT molecular complexity index is 450.